The van der Waals surface area contributed by atoms with Crippen LogP contribution in [0.3, 0.4) is 0 Å². The van der Waals surface area contributed by atoms with Crippen molar-refractivity contribution in [3.8, 4) is 5.75 Å². The van der Waals surface area contributed by atoms with Crippen LogP contribution in [0.15, 0.2) is 77.7 Å². The summed E-state index contributed by atoms with van der Waals surface area (Å²) in [7, 11) is -6.16. The van der Waals surface area contributed by atoms with Gasteiger partial charge in [0.05, 0.1) is 29.6 Å². The number of ether oxygens (including phenoxy) is 1. The van der Waals surface area contributed by atoms with Crippen molar-refractivity contribution in [2.45, 2.75) is 11.8 Å². The van der Waals surface area contributed by atoms with Gasteiger partial charge in [-0.25, -0.2) is 16.8 Å². The highest BCUT2D eigenvalue weighted by Crippen LogP contribution is 2.28. The van der Waals surface area contributed by atoms with Gasteiger partial charge in [-0.05, 0) is 61.0 Å². The highest BCUT2D eigenvalue weighted by molar-refractivity contribution is 7.92. The van der Waals surface area contributed by atoms with E-state index in [2.05, 4.69) is 10.0 Å². The van der Waals surface area contributed by atoms with E-state index in [1.807, 2.05) is 6.92 Å². The topological polar surface area (TPSA) is 122 Å². The molecule has 11 heteroatoms. The van der Waals surface area contributed by atoms with E-state index >= 15 is 0 Å². The largest absolute Gasteiger partial charge is 0.495 e. The molecule has 0 fully saturated rings. The van der Waals surface area contributed by atoms with Gasteiger partial charge in [-0.15, -0.1) is 0 Å². The zero-order valence-electron chi connectivity index (χ0n) is 18.8. The standard InChI is InChI=1S/C23H25N3O6S2/c1-17-9-14-22(32-2)21(15-17)25-34(30,31)20-12-10-18(11-13-20)24-23(27)16-26(33(3,28)29)19-7-5-4-6-8-19/h4-15,25H,16H2,1-3H3,(H,24,27). The predicted molar refractivity (Wildman–Crippen MR) is 132 cm³/mol. The highest BCUT2D eigenvalue weighted by atomic mass is 32.2. The molecule has 0 saturated heterocycles. The van der Waals surface area contributed by atoms with Gasteiger partial charge < -0.3 is 10.1 Å². The Balaban J connectivity index is 1.73. The number of nitrogens with one attached hydrogen (secondary N) is 2. The van der Waals surface area contributed by atoms with Crippen LogP contribution >= 0.6 is 0 Å². The number of nitrogens with zero attached hydrogens (tertiary/aromatic N) is 1. The number of benzene rings is 3. The fourth-order valence-electron chi connectivity index (χ4n) is 3.15. The van der Waals surface area contributed by atoms with Crippen LogP contribution in [0.1, 0.15) is 5.56 Å². The van der Waals surface area contributed by atoms with Crippen LogP contribution in [-0.2, 0) is 24.8 Å². The Hall–Kier alpha value is -3.57. The minimum absolute atomic E-state index is 0.0175. The van der Waals surface area contributed by atoms with E-state index in [0.29, 0.717) is 22.8 Å². The molecule has 0 heterocycles. The Morgan fingerprint density at radius 3 is 2.18 bits per heavy atom. The van der Waals surface area contributed by atoms with Crippen LogP contribution in [0.25, 0.3) is 0 Å². The van der Waals surface area contributed by atoms with Gasteiger partial charge in [-0.1, -0.05) is 24.3 Å². The molecule has 180 valence electrons. The quantitative estimate of drug-likeness (QED) is 0.462. The molecular formula is C23H25N3O6S2. The Morgan fingerprint density at radius 1 is 0.941 bits per heavy atom. The van der Waals surface area contributed by atoms with Gasteiger partial charge in [-0.3, -0.25) is 13.8 Å². The Morgan fingerprint density at radius 2 is 1.59 bits per heavy atom. The molecule has 0 aliphatic carbocycles. The highest BCUT2D eigenvalue weighted by Gasteiger charge is 2.21. The molecule has 3 rings (SSSR count). The molecule has 0 aliphatic rings. The molecule has 0 spiro atoms. The number of hydrogen-bond donors (Lipinski definition) is 2. The van der Waals surface area contributed by atoms with Crippen LogP contribution in [0.5, 0.6) is 5.75 Å². The van der Waals surface area contributed by atoms with E-state index in [1.165, 1.54) is 31.4 Å². The average Bonchev–Trinajstić information content (AvgIpc) is 2.77. The lowest BCUT2D eigenvalue weighted by molar-refractivity contribution is -0.114. The lowest BCUT2D eigenvalue weighted by atomic mass is 10.2. The third kappa shape index (κ3) is 6.27. The van der Waals surface area contributed by atoms with Gasteiger partial charge in [0.1, 0.15) is 12.3 Å². The van der Waals surface area contributed by atoms with Crippen molar-refractivity contribution in [1.82, 2.24) is 0 Å². The molecule has 3 aromatic carbocycles. The minimum atomic E-state index is -3.91. The van der Waals surface area contributed by atoms with Crippen LogP contribution in [0.4, 0.5) is 17.1 Å². The summed E-state index contributed by atoms with van der Waals surface area (Å²) >= 11 is 0. The summed E-state index contributed by atoms with van der Waals surface area (Å²) in [5.41, 5.74) is 1.84. The summed E-state index contributed by atoms with van der Waals surface area (Å²) in [6.45, 7) is 1.40. The lowest BCUT2D eigenvalue weighted by Crippen LogP contribution is -2.37. The van der Waals surface area contributed by atoms with Gasteiger partial charge in [0.15, 0.2) is 0 Å². The fraction of sp³-hybridized carbons (Fsp3) is 0.174. The van der Waals surface area contributed by atoms with Crippen molar-refractivity contribution < 1.29 is 26.4 Å². The van der Waals surface area contributed by atoms with Crippen LogP contribution in [0.2, 0.25) is 0 Å². The van der Waals surface area contributed by atoms with E-state index < -0.39 is 32.5 Å². The number of para-hydroxylation sites is 1. The summed E-state index contributed by atoms with van der Waals surface area (Å²) in [5.74, 6) is -0.195. The number of methoxy groups -OCH3 is 1. The van der Waals surface area contributed by atoms with Crippen molar-refractivity contribution in [2.75, 3.05) is 34.3 Å². The zero-order valence-corrected chi connectivity index (χ0v) is 20.5. The average molecular weight is 504 g/mol. The van der Waals surface area contributed by atoms with Gasteiger partial charge in [-0.2, -0.15) is 0 Å². The van der Waals surface area contributed by atoms with Gasteiger partial charge >= 0.3 is 0 Å². The molecule has 2 N–H and O–H groups in total. The lowest BCUT2D eigenvalue weighted by Gasteiger charge is -2.21. The third-order valence-electron chi connectivity index (χ3n) is 4.78. The number of sulfonamides is 2. The molecular weight excluding hydrogens is 478 g/mol. The molecule has 34 heavy (non-hydrogen) atoms. The second-order valence-electron chi connectivity index (χ2n) is 7.49. The first-order valence-electron chi connectivity index (χ1n) is 10.1. The maximum atomic E-state index is 12.8. The first-order chi connectivity index (χ1) is 16.0. The van der Waals surface area contributed by atoms with Crippen molar-refractivity contribution in [3.05, 3.63) is 78.4 Å². The number of aryl methyl sites for hydroxylation is 1. The number of rotatable bonds is 9. The molecule has 0 aromatic heterocycles. The third-order valence-corrected chi connectivity index (χ3v) is 7.30. The predicted octanol–water partition coefficient (Wildman–Crippen LogP) is 3.21. The van der Waals surface area contributed by atoms with E-state index in [0.717, 1.165) is 16.1 Å². The summed E-state index contributed by atoms with van der Waals surface area (Å²) in [4.78, 5) is 12.5. The summed E-state index contributed by atoms with van der Waals surface area (Å²) in [6, 6.07) is 18.9. The maximum Gasteiger partial charge on any atom is 0.262 e. The first kappa shape index (κ1) is 25.1. The van der Waals surface area contributed by atoms with E-state index in [4.69, 9.17) is 4.74 Å². The number of hydrogen-bond acceptors (Lipinski definition) is 6. The summed E-state index contributed by atoms with van der Waals surface area (Å²) in [5, 5.41) is 2.59. The Kier molecular flexibility index (Phi) is 7.48. The number of carbonyl (C=O) groups is 1. The van der Waals surface area contributed by atoms with Crippen LogP contribution in [-0.4, -0.2) is 42.7 Å². The number of amides is 1. The van der Waals surface area contributed by atoms with Crippen LogP contribution < -0.4 is 19.1 Å². The van der Waals surface area contributed by atoms with E-state index in [1.54, 1.807) is 48.5 Å². The van der Waals surface area contributed by atoms with Crippen LogP contribution in [0, 0.1) is 6.92 Å². The van der Waals surface area contributed by atoms with Crippen molar-refractivity contribution in [3.63, 3.8) is 0 Å². The summed E-state index contributed by atoms with van der Waals surface area (Å²) in [6.07, 6.45) is 1.02. The Labute approximate surface area is 199 Å². The number of anilines is 3. The molecule has 0 saturated carbocycles. The molecule has 0 bridgehead atoms. The normalized spacial score (nSPS) is 11.5. The SMILES string of the molecule is COc1ccc(C)cc1NS(=O)(=O)c1ccc(NC(=O)CN(c2ccccc2)S(C)(=O)=O)cc1. The van der Waals surface area contributed by atoms with Gasteiger partial charge in [0.2, 0.25) is 15.9 Å². The zero-order chi connectivity index (χ0) is 24.9. The minimum Gasteiger partial charge on any atom is -0.495 e. The maximum absolute atomic E-state index is 12.8. The fourth-order valence-corrected chi connectivity index (χ4v) is 5.07. The monoisotopic (exact) mass is 503 g/mol. The first-order valence-corrected chi connectivity index (χ1v) is 13.4. The second-order valence-corrected chi connectivity index (χ2v) is 11.1. The molecule has 0 aliphatic heterocycles. The van der Waals surface area contributed by atoms with E-state index in [9.17, 15) is 21.6 Å². The van der Waals surface area contributed by atoms with E-state index in [-0.39, 0.29) is 4.90 Å². The molecule has 0 unspecified atom stereocenters. The van der Waals surface area contributed by atoms with Crippen molar-refractivity contribution in [2.24, 2.45) is 0 Å². The smallest absolute Gasteiger partial charge is 0.262 e. The van der Waals surface area contributed by atoms with Gasteiger partial charge in [0, 0.05) is 5.69 Å². The van der Waals surface area contributed by atoms with Crippen molar-refractivity contribution >= 4 is 43.0 Å². The molecule has 0 atom stereocenters. The summed E-state index contributed by atoms with van der Waals surface area (Å²) < 4.78 is 58.6. The number of carbonyl (C=O) groups excluding carboxylic acids is 1. The molecule has 9 nitrogen and oxygen atoms in total. The van der Waals surface area contributed by atoms with Crippen molar-refractivity contribution in [1.29, 1.82) is 0 Å². The molecule has 1 amide bonds. The Bertz CT molecular complexity index is 1370. The second kappa shape index (κ2) is 10.1. The molecule has 3 aromatic rings. The van der Waals surface area contributed by atoms with Gasteiger partial charge in [0.25, 0.3) is 10.0 Å². The molecule has 0 radical (unpaired) electrons.